The molecule has 3 aliphatic heterocycles. The second-order valence-corrected chi connectivity index (χ2v) is 4.91. The van der Waals surface area contributed by atoms with Crippen LogP contribution in [0.15, 0.2) is 0 Å². The van der Waals surface area contributed by atoms with Gasteiger partial charge in [0.15, 0.2) is 0 Å². The SMILES string of the molecule is C1CC2(CCC3CNCC3N2)CN1. The largest absolute Gasteiger partial charge is 0.315 e. The van der Waals surface area contributed by atoms with Gasteiger partial charge in [-0.1, -0.05) is 0 Å². The molecule has 0 radical (unpaired) electrons. The lowest BCUT2D eigenvalue weighted by atomic mass is 9.80. The molecule has 3 atom stereocenters. The standard InChI is InChI=1S/C10H19N3/c1-2-10(3-4-11-7-10)13-9-6-12-5-8(1)9/h8-9,11-13H,1-7H2. The minimum Gasteiger partial charge on any atom is -0.315 e. The van der Waals surface area contributed by atoms with E-state index < -0.39 is 0 Å². The van der Waals surface area contributed by atoms with Gasteiger partial charge in [0.2, 0.25) is 0 Å². The molecule has 3 aliphatic rings. The Balaban J connectivity index is 1.73. The molecule has 3 unspecified atom stereocenters. The van der Waals surface area contributed by atoms with Gasteiger partial charge in [0.25, 0.3) is 0 Å². The number of rotatable bonds is 0. The Morgan fingerprint density at radius 2 is 2.08 bits per heavy atom. The molecule has 3 heterocycles. The van der Waals surface area contributed by atoms with E-state index in [1.165, 1.54) is 45.4 Å². The van der Waals surface area contributed by atoms with Gasteiger partial charge in [-0.3, -0.25) is 0 Å². The fourth-order valence-corrected chi connectivity index (χ4v) is 3.21. The number of hydrogen-bond donors (Lipinski definition) is 3. The maximum Gasteiger partial charge on any atom is 0.0321 e. The van der Waals surface area contributed by atoms with Crippen LogP contribution in [0.1, 0.15) is 19.3 Å². The van der Waals surface area contributed by atoms with Crippen LogP contribution in [0.25, 0.3) is 0 Å². The van der Waals surface area contributed by atoms with Gasteiger partial charge in [-0.15, -0.1) is 0 Å². The van der Waals surface area contributed by atoms with Crippen molar-refractivity contribution in [1.82, 2.24) is 16.0 Å². The molecule has 3 N–H and O–H groups in total. The van der Waals surface area contributed by atoms with Crippen LogP contribution in [0.4, 0.5) is 0 Å². The Labute approximate surface area is 79.7 Å². The minimum absolute atomic E-state index is 0.465. The van der Waals surface area contributed by atoms with Crippen LogP contribution in [0.2, 0.25) is 0 Å². The normalized spacial score (nSPS) is 49.8. The van der Waals surface area contributed by atoms with Crippen LogP contribution < -0.4 is 16.0 Å². The van der Waals surface area contributed by atoms with E-state index in [4.69, 9.17) is 0 Å². The third kappa shape index (κ3) is 1.30. The monoisotopic (exact) mass is 181 g/mol. The predicted octanol–water partition coefficient (Wildman–Crippen LogP) is -0.310. The van der Waals surface area contributed by atoms with Gasteiger partial charge in [0.05, 0.1) is 0 Å². The predicted molar refractivity (Wildman–Crippen MR) is 52.7 cm³/mol. The molecule has 0 aromatic heterocycles. The molecule has 0 aromatic carbocycles. The van der Waals surface area contributed by atoms with Crippen molar-refractivity contribution < 1.29 is 0 Å². The molecule has 3 heteroatoms. The lowest BCUT2D eigenvalue weighted by Gasteiger charge is -2.40. The molecule has 0 aromatic rings. The second kappa shape index (κ2) is 2.94. The molecule has 74 valence electrons. The maximum absolute atomic E-state index is 3.87. The van der Waals surface area contributed by atoms with E-state index in [2.05, 4.69) is 16.0 Å². The summed E-state index contributed by atoms with van der Waals surface area (Å²) in [4.78, 5) is 0. The summed E-state index contributed by atoms with van der Waals surface area (Å²) in [5.41, 5.74) is 0.465. The number of fused-ring (bicyclic) bond motifs is 1. The fraction of sp³-hybridized carbons (Fsp3) is 1.00. The summed E-state index contributed by atoms with van der Waals surface area (Å²) < 4.78 is 0. The van der Waals surface area contributed by atoms with E-state index in [-0.39, 0.29) is 0 Å². The summed E-state index contributed by atoms with van der Waals surface area (Å²) in [6.07, 6.45) is 4.13. The fourth-order valence-electron chi connectivity index (χ4n) is 3.21. The lowest BCUT2D eigenvalue weighted by molar-refractivity contribution is 0.193. The highest BCUT2D eigenvalue weighted by molar-refractivity contribution is 5.05. The second-order valence-electron chi connectivity index (χ2n) is 4.91. The van der Waals surface area contributed by atoms with Gasteiger partial charge in [-0.25, -0.2) is 0 Å². The van der Waals surface area contributed by atoms with Crippen molar-refractivity contribution in [3.05, 3.63) is 0 Å². The molecule has 1 spiro atoms. The maximum atomic E-state index is 3.87. The lowest BCUT2D eigenvalue weighted by Crippen LogP contribution is -2.57. The van der Waals surface area contributed by atoms with E-state index in [0.29, 0.717) is 5.54 Å². The van der Waals surface area contributed by atoms with Crippen molar-refractivity contribution in [2.75, 3.05) is 26.2 Å². The summed E-state index contributed by atoms with van der Waals surface area (Å²) in [5, 5.41) is 10.8. The quantitative estimate of drug-likeness (QED) is 0.480. The van der Waals surface area contributed by atoms with Gasteiger partial charge in [-0.2, -0.15) is 0 Å². The molecular formula is C10H19N3. The zero-order valence-corrected chi connectivity index (χ0v) is 8.10. The zero-order chi connectivity index (χ0) is 8.73. The summed E-state index contributed by atoms with van der Waals surface area (Å²) in [7, 11) is 0. The van der Waals surface area contributed by atoms with E-state index in [1.807, 2.05) is 0 Å². The van der Waals surface area contributed by atoms with E-state index >= 15 is 0 Å². The van der Waals surface area contributed by atoms with E-state index in [0.717, 1.165) is 12.0 Å². The summed E-state index contributed by atoms with van der Waals surface area (Å²) in [5.74, 6) is 0.909. The first-order chi connectivity index (χ1) is 6.38. The summed E-state index contributed by atoms with van der Waals surface area (Å²) >= 11 is 0. The number of nitrogens with one attached hydrogen (secondary N) is 3. The molecule has 3 saturated heterocycles. The van der Waals surface area contributed by atoms with Gasteiger partial charge in [-0.05, 0) is 38.3 Å². The van der Waals surface area contributed by atoms with Crippen molar-refractivity contribution in [3.8, 4) is 0 Å². The highest BCUT2D eigenvalue weighted by atomic mass is 15.2. The van der Waals surface area contributed by atoms with Gasteiger partial charge >= 0.3 is 0 Å². The molecule has 3 fully saturated rings. The third-order valence-corrected chi connectivity index (χ3v) is 4.07. The summed E-state index contributed by atoms with van der Waals surface area (Å²) in [6, 6.07) is 0.758. The van der Waals surface area contributed by atoms with E-state index in [1.54, 1.807) is 0 Å². The van der Waals surface area contributed by atoms with Gasteiger partial charge < -0.3 is 16.0 Å². The molecular weight excluding hydrogens is 162 g/mol. The average molecular weight is 181 g/mol. The molecule has 0 aliphatic carbocycles. The highest BCUT2D eigenvalue weighted by Gasteiger charge is 2.43. The van der Waals surface area contributed by atoms with Crippen molar-refractivity contribution in [2.24, 2.45) is 5.92 Å². The molecule has 3 nitrogen and oxygen atoms in total. The molecule has 13 heavy (non-hydrogen) atoms. The van der Waals surface area contributed by atoms with Crippen LogP contribution in [0.5, 0.6) is 0 Å². The van der Waals surface area contributed by atoms with Crippen molar-refractivity contribution >= 4 is 0 Å². The average Bonchev–Trinajstić information content (AvgIpc) is 2.74. The van der Waals surface area contributed by atoms with Crippen LogP contribution in [0.3, 0.4) is 0 Å². The first-order valence-corrected chi connectivity index (χ1v) is 5.57. The third-order valence-electron chi connectivity index (χ3n) is 4.07. The molecule has 0 saturated carbocycles. The molecule has 0 bridgehead atoms. The van der Waals surface area contributed by atoms with Crippen LogP contribution in [-0.4, -0.2) is 37.8 Å². The highest BCUT2D eigenvalue weighted by Crippen LogP contribution is 2.32. The number of piperidine rings is 1. The van der Waals surface area contributed by atoms with Crippen molar-refractivity contribution in [2.45, 2.75) is 30.8 Å². The molecule has 0 amide bonds. The number of hydrogen-bond acceptors (Lipinski definition) is 3. The first kappa shape index (κ1) is 8.21. The van der Waals surface area contributed by atoms with Crippen LogP contribution in [-0.2, 0) is 0 Å². The van der Waals surface area contributed by atoms with Crippen molar-refractivity contribution in [1.29, 1.82) is 0 Å². The smallest absolute Gasteiger partial charge is 0.0321 e. The first-order valence-electron chi connectivity index (χ1n) is 5.57. The Morgan fingerprint density at radius 3 is 2.92 bits per heavy atom. The van der Waals surface area contributed by atoms with Crippen molar-refractivity contribution in [3.63, 3.8) is 0 Å². The Bertz CT molecular complexity index is 198. The zero-order valence-electron chi connectivity index (χ0n) is 8.10. The topological polar surface area (TPSA) is 36.1 Å². The summed E-state index contributed by atoms with van der Waals surface area (Å²) in [6.45, 7) is 4.82. The van der Waals surface area contributed by atoms with E-state index in [9.17, 15) is 0 Å². The van der Waals surface area contributed by atoms with Gasteiger partial charge in [0, 0.05) is 24.7 Å². The Morgan fingerprint density at radius 1 is 1.08 bits per heavy atom. The molecule has 3 rings (SSSR count). The Hall–Kier alpha value is -0.120. The van der Waals surface area contributed by atoms with Crippen LogP contribution >= 0.6 is 0 Å². The van der Waals surface area contributed by atoms with Crippen LogP contribution in [0, 0.1) is 5.92 Å². The van der Waals surface area contributed by atoms with Gasteiger partial charge in [0.1, 0.15) is 0 Å². The Kier molecular flexibility index (Phi) is 1.86. The minimum atomic E-state index is 0.465.